The van der Waals surface area contributed by atoms with E-state index in [0.29, 0.717) is 5.56 Å². The summed E-state index contributed by atoms with van der Waals surface area (Å²) in [6.07, 6.45) is 0. The Labute approximate surface area is 153 Å². The molecule has 0 saturated carbocycles. The number of ether oxygens (including phenoxy) is 1. The third-order valence-electron chi connectivity index (χ3n) is 4.83. The molecular weight excluding hydrogens is 348 g/mol. The second-order valence-electron chi connectivity index (χ2n) is 6.30. The van der Waals surface area contributed by atoms with Crippen molar-refractivity contribution >= 4 is 28.1 Å². The molecule has 4 rings (SSSR count). The first-order valence-corrected chi connectivity index (χ1v) is 8.15. The lowest BCUT2D eigenvalue weighted by Crippen LogP contribution is -2.22. The minimum Gasteiger partial charge on any atom is -0.506 e. The molecule has 0 atom stereocenters. The van der Waals surface area contributed by atoms with Crippen molar-refractivity contribution in [1.29, 1.82) is 0 Å². The maximum absolute atomic E-state index is 13.1. The normalized spacial score (nSPS) is 12.7. The lowest BCUT2D eigenvalue weighted by Gasteiger charge is -2.22. The quantitative estimate of drug-likeness (QED) is 0.419. The summed E-state index contributed by atoms with van der Waals surface area (Å²) >= 11 is 0. The van der Waals surface area contributed by atoms with Crippen LogP contribution in [0.1, 0.15) is 49.1 Å². The highest BCUT2D eigenvalue weighted by molar-refractivity contribution is 6.33. The maximum Gasteiger partial charge on any atom is 0.202 e. The van der Waals surface area contributed by atoms with Crippen molar-refractivity contribution in [3.05, 3.63) is 64.2 Å². The largest absolute Gasteiger partial charge is 0.506 e. The zero-order chi connectivity index (χ0) is 19.5. The fraction of sp³-hybridized carbons (Fsp3) is 0.0952. The molecule has 3 aromatic rings. The van der Waals surface area contributed by atoms with Crippen molar-refractivity contribution in [2.24, 2.45) is 0 Å². The third kappa shape index (κ3) is 2.16. The number of rotatable bonds is 2. The smallest absolute Gasteiger partial charge is 0.202 e. The van der Waals surface area contributed by atoms with E-state index in [1.165, 1.54) is 38.3 Å². The molecule has 6 heteroatoms. The molecule has 2 N–H and O–H groups in total. The molecule has 134 valence electrons. The van der Waals surface area contributed by atoms with Crippen molar-refractivity contribution in [2.45, 2.75) is 6.92 Å². The number of carbonyl (C=O) groups excluding carboxylic acids is 3. The summed E-state index contributed by atoms with van der Waals surface area (Å²) in [5.74, 6) is -2.08. The third-order valence-corrected chi connectivity index (χ3v) is 4.83. The summed E-state index contributed by atoms with van der Waals surface area (Å²) in [5.41, 5.74) is -0.0895. The molecule has 1 aliphatic rings. The van der Waals surface area contributed by atoms with Crippen LogP contribution in [0.15, 0.2) is 36.4 Å². The number of aromatic hydroxyl groups is 2. The number of methoxy groups -OCH3 is 1. The van der Waals surface area contributed by atoms with Crippen LogP contribution in [0.2, 0.25) is 0 Å². The number of hydrogen-bond donors (Lipinski definition) is 2. The molecule has 0 bridgehead atoms. The molecule has 0 fully saturated rings. The Bertz CT molecular complexity index is 1190. The summed E-state index contributed by atoms with van der Waals surface area (Å²) < 4.78 is 5.19. The molecule has 0 aromatic heterocycles. The second-order valence-corrected chi connectivity index (χ2v) is 6.30. The molecule has 0 spiro atoms. The predicted molar refractivity (Wildman–Crippen MR) is 97.1 cm³/mol. The number of phenolic OH excluding ortho intramolecular Hbond substituents is 2. The van der Waals surface area contributed by atoms with Gasteiger partial charge in [-0.25, -0.2) is 0 Å². The Kier molecular flexibility index (Phi) is 3.52. The minimum absolute atomic E-state index is 0.0481. The molecule has 6 nitrogen and oxygen atoms in total. The summed E-state index contributed by atoms with van der Waals surface area (Å²) in [4.78, 5) is 37.7. The predicted octanol–water partition coefficient (Wildman–Crippen LogP) is 3.24. The van der Waals surface area contributed by atoms with Crippen LogP contribution in [0.4, 0.5) is 0 Å². The number of benzene rings is 3. The average molecular weight is 362 g/mol. The average Bonchev–Trinajstić information content (AvgIpc) is 2.67. The number of carbonyl (C=O) groups is 3. The molecule has 0 unspecified atom stereocenters. The standard InChI is InChI=1S/C21H14O6/c1-9(22)10-6-7-11-13(8-10)20(25)16-17(18(11)23)21(26)15-12(19(16)24)4-3-5-14(15)27-2/h3-8,23,25H,1-2H3. The zero-order valence-electron chi connectivity index (χ0n) is 14.5. The fourth-order valence-electron chi connectivity index (χ4n) is 3.50. The van der Waals surface area contributed by atoms with Gasteiger partial charge >= 0.3 is 0 Å². The first kappa shape index (κ1) is 16.8. The maximum atomic E-state index is 13.1. The van der Waals surface area contributed by atoms with Crippen molar-refractivity contribution in [3.63, 3.8) is 0 Å². The molecule has 1 aliphatic carbocycles. The van der Waals surface area contributed by atoms with Gasteiger partial charge in [-0.2, -0.15) is 0 Å². The number of hydrogen-bond acceptors (Lipinski definition) is 6. The van der Waals surface area contributed by atoms with Crippen molar-refractivity contribution < 1.29 is 29.3 Å². The SMILES string of the molecule is COc1cccc2c1C(=O)c1c(c(O)c3cc(C(C)=O)ccc3c1O)C2=O. The van der Waals surface area contributed by atoms with Gasteiger partial charge in [-0.1, -0.05) is 18.2 Å². The van der Waals surface area contributed by atoms with Gasteiger partial charge in [0.15, 0.2) is 11.6 Å². The van der Waals surface area contributed by atoms with E-state index in [9.17, 15) is 24.6 Å². The van der Waals surface area contributed by atoms with Crippen LogP contribution in [-0.4, -0.2) is 34.7 Å². The first-order chi connectivity index (χ1) is 12.9. The van der Waals surface area contributed by atoms with Gasteiger partial charge in [-0.15, -0.1) is 0 Å². The number of Topliss-reactive ketones (excluding diaryl/α,β-unsaturated/α-hetero) is 1. The van der Waals surface area contributed by atoms with Crippen LogP contribution < -0.4 is 4.74 Å². The number of fused-ring (bicyclic) bond motifs is 3. The van der Waals surface area contributed by atoms with E-state index < -0.39 is 23.1 Å². The van der Waals surface area contributed by atoms with Gasteiger partial charge in [0.2, 0.25) is 5.78 Å². The molecule has 0 saturated heterocycles. The lowest BCUT2D eigenvalue weighted by molar-refractivity contribution is 0.0972. The topological polar surface area (TPSA) is 101 Å². The van der Waals surface area contributed by atoms with Crippen LogP contribution in [-0.2, 0) is 0 Å². The first-order valence-electron chi connectivity index (χ1n) is 8.15. The Morgan fingerprint density at radius 1 is 0.889 bits per heavy atom. The Morgan fingerprint density at radius 3 is 2.22 bits per heavy atom. The molecule has 0 heterocycles. The summed E-state index contributed by atoms with van der Waals surface area (Å²) in [6.45, 7) is 1.37. The van der Waals surface area contributed by atoms with E-state index in [1.807, 2.05) is 0 Å². The van der Waals surface area contributed by atoms with Crippen LogP contribution in [0.25, 0.3) is 10.8 Å². The second kappa shape index (κ2) is 5.67. The van der Waals surface area contributed by atoms with Gasteiger partial charge in [0, 0.05) is 21.9 Å². The summed E-state index contributed by atoms with van der Waals surface area (Å²) in [5, 5.41) is 21.8. The zero-order valence-corrected chi connectivity index (χ0v) is 14.5. The Morgan fingerprint density at radius 2 is 1.56 bits per heavy atom. The highest BCUT2D eigenvalue weighted by Gasteiger charge is 2.38. The highest BCUT2D eigenvalue weighted by Crippen LogP contribution is 2.45. The minimum atomic E-state index is -0.609. The Balaban J connectivity index is 2.12. The van der Waals surface area contributed by atoms with Gasteiger partial charge < -0.3 is 14.9 Å². The van der Waals surface area contributed by atoms with Gasteiger partial charge in [0.25, 0.3) is 0 Å². The fourth-order valence-corrected chi connectivity index (χ4v) is 3.50. The molecule has 3 aromatic carbocycles. The van der Waals surface area contributed by atoms with Crippen molar-refractivity contribution in [1.82, 2.24) is 0 Å². The molecule has 0 radical (unpaired) electrons. The van der Waals surface area contributed by atoms with E-state index in [-0.39, 0.29) is 44.6 Å². The number of ketones is 3. The lowest BCUT2D eigenvalue weighted by atomic mass is 9.80. The van der Waals surface area contributed by atoms with Gasteiger partial charge in [0.1, 0.15) is 17.2 Å². The van der Waals surface area contributed by atoms with Gasteiger partial charge in [0.05, 0.1) is 23.8 Å². The van der Waals surface area contributed by atoms with E-state index in [2.05, 4.69) is 0 Å². The van der Waals surface area contributed by atoms with Crippen molar-refractivity contribution in [2.75, 3.05) is 7.11 Å². The summed E-state index contributed by atoms with van der Waals surface area (Å²) in [6, 6.07) is 8.90. The van der Waals surface area contributed by atoms with Crippen LogP contribution >= 0.6 is 0 Å². The van der Waals surface area contributed by atoms with Crippen LogP contribution in [0.3, 0.4) is 0 Å². The Hall–Kier alpha value is -3.67. The van der Waals surface area contributed by atoms with Gasteiger partial charge in [-0.05, 0) is 25.1 Å². The summed E-state index contributed by atoms with van der Waals surface area (Å²) in [7, 11) is 1.38. The van der Waals surface area contributed by atoms with E-state index in [4.69, 9.17) is 4.74 Å². The monoisotopic (exact) mass is 362 g/mol. The van der Waals surface area contributed by atoms with Crippen LogP contribution in [0, 0.1) is 0 Å². The van der Waals surface area contributed by atoms with Gasteiger partial charge in [-0.3, -0.25) is 14.4 Å². The number of phenols is 2. The van der Waals surface area contributed by atoms with E-state index >= 15 is 0 Å². The highest BCUT2D eigenvalue weighted by atomic mass is 16.5. The molecule has 0 aliphatic heterocycles. The van der Waals surface area contributed by atoms with E-state index in [1.54, 1.807) is 12.1 Å². The van der Waals surface area contributed by atoms with Crippen molar-refractivity contribution in [3.8, 4) is 17.2 Å². The molecular formula is C21H14O6. The van der Waals surface area contributed by atoms with Crippen LogP contribution in [0.5, 0.6) is 17.2 Å². The van der Waals surface area contributed by atoms with E-state index in [0.717, 1.165) is 0 Å². The molecule has 27 heavy (non-hydrogen) atoms. The molecule has 0 amide bonds.